The van der Waals surface area contributed by atoms with Crippen molar-refractivity contribution in [1.29, 1.82) is 0 Å². The Morgan fingerprint density at radius 1 is 1.22 bits per heavy atom. The molecule has 0 saturated heterocycles. The average molecular weight is 268 g/mol. The molecule has 0 spiro atoms. The summed E-state index contributed by atoms with van der Waals surface area (Å²) in [6.07, 6.45) is -4.41. The first kappa shape index (κ1) is 17.2. The van der Waals surface area contributed by atoms with E-state index in [9.17, 15) is 18.0 Å². The molecule has 3 nitrogen and oxygen atoms in total. The molecule has 108 valence electrons. The third kappa shape index (κ3) is 7.53. The molecule has 0 aliphatic carbocycles. The number of alkyl halides is 3. The average Bonchev–Trinajstić information content (AvgIpc) is 2.13. The molecule has 0 aliphatic heterocycles. The zero-order valence-corrected chi connectivity index (χ0v) is 11.4. The van der Waals surface area contributed by atoms with Crippen LogP contribution in [0.25, 0.3) is 0 Å². The van der Waals surface area contributed by atoms with Crippen LogP contribution < -0.4 is 5.73 Å². The Hall–Kier alpha value is -0.780. The number of nitrogens with two attached hydrogens (primary N) is 1. The van der Waals surface area contributed by atoms with Crippen molar-refractivity contribution in [2.75, 3.05) is 13.1 Å². The first-order chi connectivity index (χ1) is 8.03. The number of nitrogens with zero attached hydrogens (tertiary/aromatic N) is 1. The maximum atomic E-state index is 12.4. The fraction of sp³-hybridized carbons (Fsp3) is 0.917. The molecule has 6 heteroatoms. The van der Waals surface area contributed by atoms with Gasteiger partial charge in [0.25, 0.3) is 0 Å². The first-order valence-corrected chi connectivity index (χ1v) is 6.13. The van der Waals surface area contributed by atoms with Gasteiger partial charge in [0.1, 0.15) is 6.54 Å². The second kappa shape index (κ2) is 6.97. The van der Waals surface area contributed by atoms with E-state index < -0.39 is 24.7 Å². The summed E-state index contributed by atoms with van der Waals surface area (Å²) in [5, 5.41) is 0. The first-order valence-electron chi connectivity index (χ1n) is 6.13. The van der Waals surface area contributed by atoms with Gasteiger partial charge in [0.15, 0.2) is 0 Å². The normalized spacial score (nSPS) is 14.1. The summed E-state index contributed by atoms with van der Waals surface area (Å²) in [5.74, 6) is -0.463. The van der Waals surface area contributed by atoms with Gasteiger partial charge in [-0.05, 0) is 11.8 Å². The molecule has 0 aromatic rings. The summed E-state index contributed by atoms with van der Waals surface area (Å²) >= 11 is 0. The maximum Gasteiger partial charge on any atom is 0.406 e. The maximum absolute atomic E-state index is 12.4. The molecule has 1 amide bonds. The molecule has 0 radical (unpaired) electrons. The van der Waals surface area contributed by atoms with Gasteiger partial charge in [-0.3, -0.25) is 4.79 Å². The van der Waals surface area contributed by atoms with Crippen molar-refractivity contribution in [2.45, 2.75) is 46.3 Å². The van der Waals surface area contributed by atoms with Gasteiger partial charge in [-0.2, -0.15) is 13.2 Å². The second-order valence-corrected chi connectivity index (χ2v) is 5.40. The molecule has 0 aliphatic rings. The van der Waals surface area contributed by atoms with E-state index in [2.05, 4.69) is 0 Å². The van der Waals surface area contributed by atoms with Crippen LogP contribution in [-0.2, 0) is 4.79 Å². The van der Waals surface area contributed by atoms with E-state index in [-0.39, 0.29) is 24.8 Å². The van der Waals surface area contributed by atoms with Gasteiger partial charge in [-0.25, -0.2) is 0 Å². The molecule has 0 aromatic heterocycles. The van der Waals surface area contributed by atoms with Gasteiger partial charge in [0.05, 0.1) is 0 Å². The van der Waals surface area contributed by atoms with E-state index in [4.69, 9.17) is 5.73 Å². The van der Waals surface area contributed by atoms with E-state index in [1.165, 1.54) is 0 Å². The molecule has 1 atom stereocenters. The lowest BCUT2D eigenvalue weighted by Gasteiger charge is -2.27. The predicted molar refractivity (Wildman–Crippen MR) is 64.9 cm³/mol. The molecule has 18 heavy (non-hydrogen) atoms. The van der Waals surface area contributed by atoms with E-state index >= 15 is 0 Å². The molecular weight excluding hydrogens is 245 g/mol. The standard InChI is InChI=1S/C12H23F3N2O/c1-8(2)6-17(7-12(13,14)15)11(18)5-10(16)9(3)4/h8-10H,5-7,16H2,1-4H3. The highest BCUT2D eigenvalue weighted by Crippen LogP contribution is 2.18. The molecule has 0 bridgehead atoms. The number of hydrogen-bond acceptors (Lipinski definition) is 2. The highest BCUT2D eigenvalue weighted by Gasteiger charge is 2.33. The largest absolute Gasteiger partial charge is 0.406 e. The highest BCUT2D eigenvalue weighted by molar-refractivity contribution is 5.76. The minimum absolute atomic E-state index is 0.00780. The molecule has 0 fully saturated rings. The van der Waals surface area contributed by atoms with Crippen molar-refractivity contribution < 1.29 is 18.0 Å². The topological polar surface area (TPSA) is 46.3 Å². The van der Waals surface area contributed by atoms with Crippen LogP contribution in [0, 0.1) is 11.8 Å². The molecule has 0 aromatic carbocycles. The number of amides is 1. The number of carbonyl (C=O) groups is 1. The minimum Gasteiger partial charge on any atom is -0.333 e. The summed E-state index contributed by atoms with van der Waals surface area (Å²) in [4.78, 5) is 12.7. The highest BCUT2D eigenvalue weighted by atomic mass is 19.4. The van der Waals surface area contributed by atoms with Gasteiger partial charge < -0.3 is 10.6 Å². The van der Waals surface area contributed by atoms with Crippen molar-refractivity contribution in [1.82, 2.24) is 4.90 Å². The van der Waals surface area contributed by atoms with Gasteiger partial charge in [0, 0.05) is 19.0 Å². The van der Waals surface area contributed by atoms with Gasteiger partial charge >= 0.3 is 6.18 Å². The summed E-state index contributed by atoms with van der Waals surface area (Å²) < 4.78 is 37.2. The SMILES string of the molecule is CC(C)CN(CC(F)(F)F)C(=O)CC(N)C(C)C. The lowest BCUT2D eigenvalue weighted by molar-refractivity contribution is -0.162. The van der Waals surface area contributed by atoms with Crippen LogP contribution in [-0.4, -0.2) is 36.1 Å². The monoisotopic (exact) mass is 268 g/mol. The molecule has 0 heterocycles. The van der Waals surface area contributed by atoms with Crippen LogP contribution in [0.5, 0.6) is 0 Å². The predicted octanol–water partition coefficient (Wildman–Crippen LogP) is 2.41. The second-order valence-electron chi connectivity index (χ2n) is 5.40. The fourth-order valence-corrected chi connectivity index (χ4v) is 1.48. The Balaban J connectivity index is 4.59. The number of carbonyl (C=O) groups excluding carboxylic acids is 1. The zero-order valence-electron chi connectivity index (χ0n) is 11.4. The zero-order chi connectivity index (χ0) is 14.5. The van der Waals surface area contributed by atoms with Crippen molar-refractivity contribution >= 4 is 5.91 Å². The molecule has 0 rings (SSSR count). The van der Waals surface area contributed by atoms with Gasteiger partial charge in [-0.1, -0.05) is 27.7 Å². The lowest BCUT2D eigenvalue weighted by Crippen LogP contribution is -2.44. The summed E-state index contributed by atoms with van der Waals surface area (Å²) in [6.45, 7) is 6.14. The van der Waals surface area contributed by atoms with Crippen molar-refractivity contribution in [3.63, 3.8) is 0 Å². The number of hydrogen-bond donors (Lipinski definition) is 1. The van der Waals surface area contributed by atoms with E-state index in [1.807, 2.05) is 13.8 Å². The summed E-state index contributed by atoms with van der Waals surface area (Å²) in [6, 6.07) is -0.402. The number of halogens is 3. The molecule has 1 unspecified atom stereocenters. The third-order valence-electron chi connectivity index (χ3n) is 2.58. The Labute approximate surface area is 107 Å². The quantitative estimate of drug-likeness (QED) is 0.804. The Bertz CT molecular complexity index is 265. The van der Waals surface area contributed by atoms with Crippen LogP contribution in [0.3, 0.4) is 0 Å². The van der Waals surface area contributed by atoms with Gasteiger partial charge in [-0.15, -0.1) is 0 Å². The summed E-state index contributed by atoms with van der Waals surface area (Å²) in [7, 11) is 0. The van der Waals surface area contributed by atoms with Crippen molar-refractivity contribution in [3.05, 3.63) is 0 Å². The Kier molecular flexibility index (Phi) is 6.67. The van der Waals surface area contributed by atoms with Crippen LogP contribution >= 0.6 is 0 Å². The fourth-order valence-electron chi connectivity index (χ4n) is 1.48. The minimum atomic E-state index is -4.37. The van der Waals surface area contributed by atoms with Crippen LogP contribution in [0.2, 0.25) is 0 Å². The third-order valence-corrected chi connectivity index (χ3v) is 2.58. The molecule has 2 N–H and O–H groups in total. The van der Waals surface area contributed by atoms with Gasteiger partial charge in [0.2, 0.25) is 5.91 Å². The van der Waals surface area contributed by atoms with Crippen molar-refractivity contribution in [2.24, 2.45) is 17.6 Å². The van der Waals surface area contributed by atoms with E-state index in [1.54, 1.807) is 13.8 Å². The Morgan fingerprint density at radius 2 is 1.72 bits per heavy atom. The van der Waals surface area contributed by atoms with Crippen LogP contribution in [0.1, 0.15) is 34.1 Å². The molecule has 0 saturated carbocycles. The Morgan fingerprint density at radius 3 is 2.06 bits per heavy atom. The van der Waals surface area contributed by atoms with Crippen LogP contribution in [0.15, 0.2) is 0 Å². The lowest BCUT2D eigenvalue weighted by atomic mass is 10.0. The summed E-state index contributed by atoms with van der Waals surface area (Å²) in [5.41, 5.74) is 5.72. The van der Waals surface area contributed by atoms with E-state index in [0.29, 0.717) is 0 Å². The van der Waals surface area contributed by atoms with Crippen LogP contribution in [0.4, 0.5) is 13.2 Å². The van der Waals surface area contributed by atoms with E-state index in [0.717, 1.165) is 4.90 Å². The number of rotatable bonds is 6. The smallest absolute Gasteiger partial charge is 0.333 e. The van der Waals surface area contributed by atoms with Crippen molar-refractivity contribution in [3.8, 4) is 0 Å². The molecular formula is C12H23F3N2O.